The molecule has 210 valence electrons. The molecule has 0 aliphatic carbocycles. The fourth-order valence-electron chi connectivity index (χ4n) is 6.54. The molecule has 1 unspecified atom stereocenters. The lowest BCUT2D eigenvalue weighted by molar-refractivity contribution is -0.137. The molecule has 1 N–H and O–H groups in total. The quantitative estimate of drug-likeness (QED) is 0.640. The lowest BCUT2D eigenvalue weighted by atomic mass is 9.73. The van der Waals surface area contributed by atoms with Crippen LogP contribution < -0.4 is 10.1 Å². The molecule has 3 aliphatic rings. The Bertz CT molecular complexity index is 1110. The number of piperidine rings is 2. The molecule has 0 bridgehead atoms. The van der Waals surface area contributed by atoms with Crippen molar-refractivity contribution in [2.24, 2.45) is 11.3 Å². The molecule has 5 rings (SSSR count). The summed E-state index contributed by atoms with van der Waals surface area (Å²) in [6, 6.07) is 12.5. The molecule has 1 spiro atoms. The van der Waals surface area contributed by atoms with Gasteiger partial charge in [0.25, 0.3) is 0 Å². The van der Waals surface area contributed by atoms with Crippen LogP contribution in [0.2, 0.25) is 0 Å². The number of pyridine rings is 1. The summed E-state index contributed by atoms with van der Waals surface area (Å²) in [7, 11) is 0. The molecule has 2 amide bonds. The zero-order chi connectivity index (χ0) is 27.1. The number of ether oxygens (including phenoxy) is 1. The summed E-state index contributed by atoms with van der Waals surface area (Å²) >= 11 is 0. The lowest BCUT2D eigenvalue weighted by Gasteiger charge is -2.41. The van der Waals surface area contributed by atoms with Gasteiger partial charge in [0.15, 0.2) is 0 Å². The molecule has 4 heterocycles. The molecular weight excluding hydrogens is 488 g/mol. The number of aryl methyl sites for hydroxylation is 2. The van der Waals surface area contributed by atoms with Gasteiger partial charge in [-0.25, -0.2) is 0 Å². The lowest BCUT2D eigenvalue weighted by Crippen LogP contribution is -2.52. The van der Waals surface area contributed by atoms with Crippen LogP contribution in [0.25, 0.3) is 0 Å². The molecule has 7 nitrogen and oxygen atoms in total. The highest BCUT2D eigenvalue weighted by Gasteiger charge is 2.41. The molecule has 2 aromatic rings. The number of carbonyl (C=O) groups is 2. The van der Waals surface area contributed by atoms with Gasteiger partial charge in [-0.2, -0.15) is 0 Å². The zero-order valence-corrected chi connectivity index (χ0v) is 23.5. The molecule has 1 atom stereocenters. The molecule has 0 radical (unpaired) electrons. The number of nitrogens with zero attached hydrogens (tertiary/aromatic N) is 3. The first kappa shape index (κ1) is 27.6. The van der Waals surface area contributed by atoms with Crippen LogP contribution in [0.1, 0.15) is 61.8 Å². The summed E-state index contributed by atoms with van der Waals surface area (Å²) in [4.78, 5) is 35.5. The van der Waals surface area contributed by atoms with Gasteiger partial charge in [0, 0.05) is 25.0 Å². The van der Waals surface area contributed by atoms with E-state index in [4.69, 9.17) is 4.74 Å². The molecule has 1 aromatic carbocycles. The molecule has 39 heavy (non-hydrogen) atoms. The summed E-state index contributed by atoms with van der Waals surface area (Å²) in [5.74, 6) is 1.80. The van der Waals surface area contributed by atoms with Crippen molar-refractivity contribution in [2.75, 3.05) is 45.9 Å². The standard InChI is InChI=1S/C32H44N4O3/c1-25-11-12-28(34-22-25)21-26-7-6-17-36(23-26)30(37)24-35-18-14-32(15-19-35)13-5-4-9-27-8-2-3-10-29(27)39-20-16-33-31(32)38/h2-3,8,10-12,22,26H,4-7,9,13-21,23-24H2,1H3,(H,33,38). The summed E-state index contributed by atoms with van der Waals surface area (Å²) in [6.07, 6.45) is 10.6. The van der Waals surface area contributed by atoms with E-state index in [0.29, 0.717) is 25.6 Å². The van der Waals surface area contributed by atoms with Gasteiger partial charge >= 0.3 is 0 Å². The van der Waals surface area contributed by atoms with Crippen LogP contribution >= 0.6 is 0 Å². The Hall–Kier alpha value is -2.93. The fourth-order valence-corrected chi connectivity index (χ4v) is 6.54. The minimum atomic E-state index is -0.338. The van der Waals surface area contributed by atoms with Gasteiger partial charge in [0.1, 0.15) is 12.4 Å². The van der Waals surface area contributed by atoms with E-state index in [1.165, 1.54) is 11.1 Å². The number of rotatable bonds is 4. The van der Waals surface area contributed by atoms with Crippen LogP contribution in [0.5, 0.6) is 5.75 Å². The number of hydrogen-bond acceptors (Lipinski definition) is 5. The van der Waals surface area contributed by atoms with Gasteiger partial charge in [-0.3, -0.25) is 19.5 Å². The average Bonchev–Trinajstić information content (AvgIpc) is 2.95. The monoisotopic (exact) mass is 532 g/mol. The Morgan fingerprint density at radius 3 is 2.74 bits per heavy atom. The van der Waals surface area contributed by atoms with E-state index in [0.717, 1.165) is 95.4 Å². The number of para-hydroxylation sites is 1. The normalized spacial score (nSPS) is 22.6. The maximum Gasteiger partial charge on any atom is 0.236 e. The van der Waals surface area contributed by atoms with Crippen molar-refractivity contribution in [3.63, 3.8) is 0 Å². The third-order valence-corrected chi connectivity index (χ3v) is 8.97. The molecule has 2 saturated heterocycles. The second kappa shape index (κ2) is 12.9. The highest BCUT2D eigenvalue weighted by molar-refractivity contribution is 5.83. The van der Waals surface area contributed by atoms with Crippen LogP contribution in [0.15, 0.2) is 42.6 Å². The Kier molecular flexibility index (Phi) is 9.17. The smallest absolute Gasteiger partial charge is 0.236 e. The fraction of sp³-hybridized carbons (Fsp3) is 0.594. The Morgan fingerprint density at radius 1 is 1.08 bits per heavy atom. The number of hydrogen-bond donors (Lipinski definition) is 1. The van der Waals surface area contributed by atoms with Gasteiger partial charge in [-0.15, -0.1) is 0 Å². The maximum atomic E-state index is 13.4. The number of amides is 2. The first-order valence-electron chi connectivity index (χ1n) is 14.9. The maximum absolute atomic E-state index is 13.4. The van der Waals surface area contributed by atoms with Crippen LogP contribution in [0, 0.1) is 18.3 Å². The Balaban J connectivity index is 1.12. The van der Waals surface area contributed by atoms with Gasteiger partial charge in [0.05, 0.1) is 18.5 Å². The number of aromatic nitrogens is 1. The predicted molar refractivity (Wildman–Crippen MR) is 153 cm³/mol. The second-order valence-corrected chi connectivity index (χ2v) is 11.9. The molecule has 0 saturated carbocycles. The number of fused-ring (bicyclic) bond motifs is 1. The van der Waals surface area contributed by atoms with E-state index in [1.807, 2.05) is 18.3 Å². The highest BCUT2D eigenvalue weighted by Crippen LogP contribution is 2.38. The van der Waals surface area contributed by atoms with Crippen molar-refractivity contribution in [1.29, 1.82) is 0 Å². The van der Waals surface area contributed by atoms with Crippen molar-refractivity contribution in [2.45, 2.75) is 64.7 Å². The van der Waals surface area contributed by atoms with Crippen molar-refractivity contribution in [3.8, 4) is 5.75 Å². The third kappa shape index (κ3) is 7.18. The third-order valence-electron chi connectivity index (χ3n) is 8.97. The van der Waals surface area contributed by atoms with Gasteiger partial charge in [0.2, 0.25) is 11.8 Å². The highest BCUT2D eigenvalue weighted by atomic mass is 16.5. The van der Waals surface area contributed by atoms with Gasteiger partial charge < -0.3 is 15.0 Å². The number of benzene rings is 1. The zero-order valence-electron chi connectivity index (χ0n) is 23.5. The van der Waals surface area contributed by atoms with E-state index in [2.05, 4.69) is 51.3 Å². The van der Waals surface area contributed by atoms with Crippen molar-refractivity contribution in [3.05, 3.63) is 59.4 Å². The van der Waals surface area contributed by atoms with E-state index >= 15 is 0 Å². The van der Waals surface area contributed by atoms with E-state index in [9.17, 15) is 9.59 Å². The second-order valence-electron chi connectivity index (χ2n) is 11.9. The SMILES string of the molecule is Cc1ccc(CC2CCCN(C(=O)CN3CCC4(CCCCc5ccccc5OCCNC4=O)CC3)C2)nc1. The predicted octanol–water partition coefficient (Wildman–Crippen LogP) is 4.17. The molecule has 2 fully saturated rings. The van der Waals surface area contributed by atoms with Crippen molar-refractivity contribution in [1.82, 2.24) is 20.1 Å². The average molecular weight is 533 g/mol. The first-order valence-corrected chi connectivity index (χ1v) is 14.9. The van der Waals surface area contributed by atoms with Crippen molar-refractivity contribution < 1.29 is 14.3 Å². The minimum Gasteiger partial charge on any atom is -0.491 e. The van der Waals surface area contributed by atoms with Crippen LogP contribution in [0.4, 0.5) is 0 Å². The summed E-state index contributed by atoms with van der Waals surface area (Å²) in [5.41, 5.74) is 3.21. The van der Waals surface area contributed by atoms with E-state index < -0.39 is 0 Å². The van der Waals surface area contributed by atoms with E-state index in [-0.39, 0.29) is 17.2 Å². The summed E-state index contributed by atoms with van der Waals surface area (Å²) < 4.78 is 5.98. The topological polar surface area (TPSA) is 74.8 Å². The molecular formula is C32H44N4O3. The largest absolute Gasteiger partial charge is 0.491 e. The molecule has 7 heteroatoms. The van der Waals surface area contributed by atoms with E-state index in [1.54, 1.807) is 0 Å². The van der Waals surface area contributed by atoms with Crippen LogP contribution in [0.3, 0.4) is 0 Å². The Morgan fingerprint density at radius 2 is 1.92 bits per heavy atom. The van der Waals surface area contributed by atoms with Gasteiger partial charge in [-0.05, 0) is 101 Å². The minimum absolute atomic E-state index is 0.162. The van der Waals surface area contributed by atoms with Crippen LogP contribution in [-0.4, -0.2) is 72.5 Å². The number of nitrogens with one attached hydrogen (secondary N) is 1. The number of carbonyl (C=O) groups excluding carboxylic acids is 2. The van der Waals surface area contributed by atoms with Crippen molar-refractivity contribution >= 4 is 11.8 Å². The molecule has 1 aromatic heterocycles. The van der Waals surface area contributed by atoms with Crippen LogP contribution in [-0.2, 0) is 22.4 Å². The Labute approximate surface area is 233 Å². The number of likely N-dealkylation sites (tertiary alicyclic amines) is 2. The van der Waals surface area contributed by atoms with Gasteiger partial charge in [-0.1, -0.05) is 30.7 Å². The first-order chi connectivity index (χ1) is 19.0. The molecule has 3 aliphatic heterocycles. The summed E-state index contributed by atoms with van der Waals surface area (Å²) in [5, 5.41) is 3.16. The summed E-state index contributed by atoms with van der Waals surface area (Å²) in [6.45, 7) is 6.77.